The van der Waals surface area contributed by atoms with Crippen molar-refractivity contribution in [1.82, 2.24) is 16.0 Å². The summed E-state index contributed by atoms with van der Waals surface area (Å²) in [6.07, 6.45) is -1.76. The third-order valence-electron chi connectivity index (χ3n) is 4.08. The molecule has 0 radical (unpaired) electrons. The standard InChI is InChI=1S/C17H30N4O9S/c1-7(22)12(15(27)19-10(17(29)30)4-5-31-3)21-16(28)13(8(2)23)20-14(26)9(18)6-11(24)25/h7-10,12-13,22-23H,4-6,18H2,1-3H3,(H,19,27)(H,20,26)(H,21,28)(H,24,25)(H,29,30). The van der Waals surface area contributed by atoms with Gasteiger partial charge in [0.1, 0.15) is 18.1 Å². The fourth-order valence-corrected chi connectivity index (χ4v) is 2.82. The van der Waals surface area contributed by atoms with Gasteiger partial charge in [-0.3, -0.25) is 19.2 Å². The summed E-state index contributed by atoms with van der Waals surface area (Å²) in [5.74, 6) is -5.27. The van der Waals surface area contributed by atoms with Gasteiger partial charge in [0.2, 0.25) is 17.7 Å². The van der Waals surface area contributed by atoms with Crippen LogP contribution in [0.2, 0.25) is 0 Å². The summed E-state index contributed by atoms with van der Waals surface area (Å²) >= 11 is 1.37. The minimum absolute atomic E-state index is 0.108. The summed E-state index contributed by atoms with van der Waals surface area (Å²) in [5.41, 5.74) is 5.42. The summed E-state index contributed by atoms with van der Waals surface area (Å²) in [4.78, 5) is 58.9. The van der Waals surface area contributed by atoms with Crippen LogP contribution < -0.4 is 21.7 Å². The Morgan fingerprint density at radius 2 is 1.32 bits per heavy atom. The number of aliphatic hydroxyl groups is 2. The fourth-order valence-electron chi connectivity index (χ4n) is 2.35. The minimum atomic E-state index is -1.62. The predicted molar refractivity (Wildman–Crippen MR) is 110 cm³/mol. The quantitative estimate of drug-likeness (QED) is 0.127. The summed E-state index contributed by atoms with van der Waals surface area (Å²) in [5, 5.41) is 44.1. The van der Waals surface area contributed by atoms with E-state index in [1.807, 2.05) is 0 Å². The summed E-state index contributed by atoms with van der Waals surface area (Å²) in [6.45, 7) is 2.34. The van der Waals surface area contributed by atoms with Crippen LogP contribution in [-0.2, 0) is 24.0 Å². The number of nitrogens with one attached hydrogen (secondary N) is 3. The molecular formula is C17H30N4O9S. The Bertz CT molecular complexity index is 660. The number of carbonyl (C=O) groups is 5. The van der Waals surface area contributed by atoms with Crippen molar-refractivity contribution in [1.29, 1.82) is 0 Å². The SMILES string of the molecule is CSCCC(NC(=O)C(NC(=O)C(NC(=O)C(N)CC(=O)O)C(C)O)C(C)O)C(=O)O. The second-order valence-corrected chi connectivity index (χ2v) is 7.82. The van der Waals surface area contributed by atoms with Crippen LogP contribution in [0.15, 0.2) is 0 Å². The summed E-state index contributed by atoms with van der Waals surface area (Å²) in [7, 11) is 0. The first-order valence-electron chi connectivity index (χ1n) is 9.28. The molecular weight excluding hydrogens is 436 g/mol. The van der Waals surface area contributed by atoms with Gasteiger partial charge in [-0.05, 0) is 32.3 Å². The number of hydrogen-bond donors (Lipinski definition) is 8. The Labute approximate surface area is 183 Å². The van der Waals surface area contributed by atoms with Crippen molar-refractivity contribution < 1.29 is 44.4 Å². The number of thioether (sulfide) groups is 1. The van der Waals surface area contributed by atoms with E-state index in [-0.39, 0.29) is 6.42 Å². The van der Waals surface area contributed by atoms with E-state index in [0.29, 0.717) is 5.75 Å². The monoisotopic (exact) mass is 466 g/mol. The number of rotatable bonds is 14. The van der Waals surface area contributed by atoms with Crippen molar-refractivity contribution in [3.63, 3.8) is 0 Å². The average Bonchev–Trinajstić information content (AvgIpc) is 2.65. The molecule has 14 heteroatoms. The van der Waals surface area contributed by atoms with E-state index in [1.54, 1.807) is 6.26 Å². The van der Waals surface area contributed by atoms with Crippen LogP contribution >= 0.6 is 11.8 Å². The topological polar surface area (TPSA) is 228 Å². The van der Waals surface area contributed by atoms with E-state index in [4.69, 9.17) is 10.8 Å². The minimum Gasteiger partial charge on any atom is -0.481 e. The molecule has 9 N–H and O–H groups in total. The molecule has 13 nitrogen and oxygen atoms in total. The van der Waals surface area contributed by atoms with Crippen LogP contribution in [0.3, 0.4) is 0 Å². The molecule has 0 aliphatic rings. The Kier molecular flexibility index (Phi) is 12.7. The molecule has 0 aliphatic carbocycles. The van der Waals surface area contributed by atoms with Gasteiger partial charge in [0.05, 0.1) is 24.7 Å². The number of carboxylic acid groups (broad SMARTS) is 2. The van der Waals surface area contributed by atoms with Crippen molar-refractivity contribution in [2.75, 3.05) is 12.0 Å². The number of aliphatic hydroxyl groups excluding tert-OH is 2. The van der Waals surface area contributed by atoms with E-state index in [0.717, 1.165) is 6.92 Å². The smallest absolute Gasteiger partial charge is 0.326 e. The first kappa shape index (κ1) is 28.6. The molecule has 178 valence electrons. The maximum absolute atomic E-state index is 12.5. The molecule has 0 bridgehead atoms. The first-order chi connectivity index (χ1) is 14.3. The number of amides is 3. The highest BCUT2D eigenvalue weighted by Crippen LogP contribution is 2.04. The Morgan fingerprint density at radius 1 is 0.871 bits per heavy atom. The number of aliphatic carboxylic acids is 2. The number of carbonyl (C=O) groups excluding carboxylic acids is 3. The lowest BCUT2D eigenvalue weighted by Crippen LogP contribution is -2.62. The third-order valence-corrected chi connectivity index (χ3v) is 4.73. The van der Waals surface area contributed by atoms with Crippen molar-refractivity contribution in [3.8, 4) is 0 Å². The van der Waals surface area contributed by atoms with E-state index >= 15 is 0 Å². The maximum Gasteiger partial charge on any atom is 0.326 e. The number of nitrogens with two attached hydrogens (primary N) is 1. The van der Waals surface area contributed by atoms with E-state index in [9.17, 15) is 39.3 Å². The van der Waals surface area contributed by atoms with Gasteiger partial charge in [0.25, 0.3) is 0 Å². The Hall–Kier alpha value is -2.42. The van der Waals surface area contributed by atoms with Gasteiger partial charge in [0.15, 0.2) is 0 Å². The van der Waals surface area contributed by atoms with Gasteiger partial charge < -0.3 is 42.1 Å². The van der Waals surface area contributed by atoms with Gasteiger partial charge in [-0.25, -0.2) is 4.79 Å². The lowest BCUT2D eigenvalue weighted by molar-refractivity contribution is -0.143. The molecule has 0 aromatic rings. The van der Waals surface area contributed by atoms with E-state index < -0.39 is 72.5 Å². The molecule has 31 heavy (non-hydrogen) atoms. The molecule has 0 spiro atoms. The zero-order valence-electron chi connectivity index (χ0n) is 17.4. The zero-order valence-corrected chi connectivity index (χ0v) is 18.2. The zero-order chi connectivity index (χ0) is 24.3. The second kappa shape index (κ2) is 13.8. The summed E-state index contributed by atoms with van der Waals surface area (Å²) in [6, 6.07) is -5.95. The molecule has 0 saturated carbocycles. The highest BCUT2D eigenvalue weighted by atomic mass is 32.2. The molecule has 0 rings (SSSR count). The molecule has 0 heterocycles. The highest BCUT2D eigenvalue weighted by Gasteiger charge is 2.34. The second-order valence-electron chi connectivity index (χ2n) is 6.84. The average molecular weight is 467 g/mol. The lowest BCUT2D eigenvalue weighted by atomic mass is 10.1. The van der Waals surface area contributed by atoms with Crippen LogP contribution in [0.25, 0.3) is 0 Å². The molecule has 0 aromatic carbocycles. The molecule has 0 saturated heterocycles. The van der Waals surface area contributed by atoms with E-state index in [2.05, 4.69) is 16.0 Å². The molecule has 6 atom stereocenters. The van der Waals surface area contributed by atoms with Crippen LogP contribution in [0.1, 0.15) is 26.7 Å². The van der Waals surface area contributed by atoms with Crippen LogP contribution in [0.4, 0.5) is 0 Å². The molecule has 0 aliphatic heterocycles. The van der Waals surface area contributed by atoms with Crippen molar-refractivity contribution >= 4 is 41.4 Å². The van der Waals surface area contributed by atoms with Crippen LogP contribution in [0, 0.1) is 0 Å². The fraction of sp³-hybridized carbons (Fsp3) is 0.706. The molecule has 0 fully saturated rings. The Morgan fingerprint density at radius 3 is 1.71 bits per heavy atom. The maximum atomic E-state index is 12.5. The lowest BCUT2D eigenvalue weighted by Gasteiger charge is -2.27. The molecule has 3 amide bonds. The van der Waals surface area contributed by atoms with Crippen molar-refractivity contribution in [2.45, 2.75) is 63.1 Å². The van der Waals surface area contributed by atoms with Gasteiger partial charge >= 0.3 is 11.9 Å². The largest absolute Gasteiger partial charge is 0.481 e. The normalized spacial score (nSPS) is 16.7. The first-order valence-corrected chi connectivity index (χ1v) is 10.7. The molecule has 0 aromatic heterocycles. The van der Waals surface area contributed by atoms with Gasteiger partial charge in [-0.15, -0.1) is 0 Å². The van der Waals surface area contributed by atoms with Gasteiger partial charge in [-0.1, -0.05) is 0 Å². The van der Waals surface area contributed by atoms with Crippen molar-refractivity contribution in [3.05, 3.63) is 0 Å². The van der Waals surface area contributed by atoms with E-state index in [1.165, 1.54) is 18.7 Å². The predicted octanol–water partition coefficient (Wildman–Crippen LogP) is -3.16. The Balaban J connectivity index is 5.31. The van der Waals surface area contributed by atoms with Crippen LogP contribution in [-0.4, -0.2) is 98.5 Å². The van der Waals surface area contributed by atoms with Crippen molar-refractivity contribution in [2.24, 2.45) is 5.73 Å². The van der Waals surface area contributed by atoms with Gasteiger partial charge in [-0.2, -0.15) is 11.8 Å². The highest BCUT2D eigenvalue weighted by molar-refractivity contribution is 7.98. The number of hydrogen-bond acceptors (Lipinski definition) is 9. The van der Waals surface area contributed by atoms with Gasteiger partial charge in [0, 0.05) is 0 Å². The molecule has 6 unspecified atom stereocenters. The third kappa shape index (κ3) is 10.4. The van der Waals surface area contributed by atoms with Crippen LogP contribution in [0.5, 0.6) is 0 Å². The summed E-state index contributed by atoms with van der Waals surface area (Å²) < 4.78 is 0. The number of carboxylic acids is 2.